The smallest absolute Gasteiger partial charge is 0.163 e. The monoisotopic (exact) mass is 508 g/mol. The van der Waals surface area contributed by atoms with Crippen LogP contribution in [-0.4, -0.2) is 18.2 Å². The van der Waals surface area contributed by atoms with Crippen LogP contribution in [0.2, 0.25) is 0 Å². The first-order valence-corrected chi connectivity index (χ1v) is 11.4. The van der Waals surface area contributed by atoms with Gasteiger partial charge in [-0.05, 0) is 68.8 Å². The molecular formula is C22H22Br2O4. The van der Waals surface area contributed by atoms with Gasteiger partial charge in [0.1, 0.15) is 17.3 Å². The van der Waals surface area contributed by atoms with Gasteiger partial charge >= 0.3 is 0 Å². The summed E-state index contributed by atoms with van der Waals surface area (Å²) < 4.78 is 13.6. The van der Waals surface area contributed by atoms with Gasteiger partial charge in [-0.2, -0.15) is 0 Å². The molecule has 2 aliphatic carbocycles. The van der Waals surface area contributed by atoms with Gasteiger partial charge in [0.05, 0.1) is 15.6 Å². The van der Waals surface area contributed by atoms with Crippen LogP contribution in [0, 0.1) is 0 Å². The summed E-state index contributed by atoms with van der Waals surface area (Å²) in [5.74, 6) is 2.09. The number of benzene rings is 1. The molecule has 1 aromatic rings. The molecule has 0 saturated carbocycles. The minimum absolute atomic E-state index is 0.0923. The Kier molecular flexibility index (Phi) is 5.79. The highest BCUT2D eigenvalue weighted by Gasteiger charge is 2.42. The number of ketones is 2. The molecule has 0 spiro atoms. The summed E-state index contributed by atoms with van der Waals surface area (Å²) in [6, 6.07) is 3.95. The van der Waals surface area contributed by atoms with E-state index in [1.54, 1.807) is 0 Å². The summed E-state index contributed by atoms with van der Waals surface area (Å²) >= 11 is 7.23. The van der Waals surface area contributed by atoms with Crippen molar-refractivity contribution >= 4 is 43.4 Å². The summed E-state index contributed by atoms with van der Waals surface area (Å²) in [5, 5.41) is 0. The van der Waals surface area contributed by atoms with E-state index in [2.05, 4.69) is 38.8 Å². The maximum Gasteiger partial charge on any atom is 0.163 e. The number of ether oxygens (including phenoxy) is 2. The molecule has 0 bridgehead atoms. The van der Waals surface area contributed by atoms with Crippen LogP contribution in [-0.2, 0) is 14.3 Å². The van der Waals surface area contributed by atoms with Gasteiger partial charge in [0.25, 0.3) is 0 Å². The first kappa shape index (κ1) is 19.9. The van der Waals surface area contributed by atoms with Crippen molar-refractivity contribution in [3.05, 3.63) is 49.3 Å². The van der Waals surface area contributed by atoms with E-state index in [0.29, 0.717) is 30.6 Å². The number of Topliss-reactive ketones (excluding diaryl/α,β-unsaturated/α-hetero) is 2. The Balaban J connectivity index is 1.85. The van der Waals surface area contributed by atoms with E-state index in [4.69, 9.17) is 9.47 Å². The first-order valence-electron chi connectivity index (χ1n) is 9.83. The average molecular weight is 510 g/mol. The second-order valence-corrected chi connectivity index (χ2v) is 9.13. The quantitative estimate of drug-likeness (QED) is 0.490. The SMILES string of the molecule is CCCOc1c(Br)cc(C2C3=C(CCCC3=O)OC3=C2C(=O)CCC3)cc1Br. The fraction of sp³-hybridized carbons (Fsp3) is 0.455. The topological polar surface area (TPSA) is 52.6 Å². The lowest BCUT2D eigenvalue weighted by Crippen LogP contribution is -2.30. The summed E-state index contributed by atoms with van der Waals surface area (Å²) in [6.07, 6.45) is 5.04. The van der Waals surface area contributed by atoms with Gasteiger partial charge in [-0.15, -0.1) is 0 Å². The molecule has 0 radical (unpaired) electrons. The van der Waals surface area contributed by atoms with E-state index in [9.17, 15) is 9.59 Å². The first-order chi connectivity index (χ1) is 13.5. The molecule has 6 heteroatoms. The number of allylic oxidation sites excluding steroid dienone is 4. The fourth-order valence-corrected chi connectivity index (χ4v) is 5.69. The second-order valence-electron chi connectivity index (χ2n) is 7.42. The van der Waals surface area contributed by atoms with Crippen LogP contribution >= 0.6 is 31.9 Å². The molecule has 0 fully saturated rings. The fourth-order valence-electron chi connectivity index (χ4n) is 4.24. The Hall–Kier alpha value is -1.40. The van der Waals surface area contributed by atoms with E-state index >= 15 is 0 Å². The molecule has 4 nitrogen and oxygen atoms in total. The highest BCUT2D eigenvalue weighted by molar-refractivity contribution is 9.11. The average Bonchev–Trinajstić information content (AvgIpc) is 2.66. The maximum absolute atomic E-state index is 12.9. The third-order valence-corrected chi connectivity index (χ3v) is 6.62. The lowest BCUT2D eigenvalue weighted by molar-refractivity contribution is -0.117. The van der Waals surface area contributed by atoms with Gasteiger partial charge in [-0.25, -0.2) is 0 Å². The van der Waals surface area contributed by atoms with Crippen molar-refractivity contribution in [1.82, 2.24) is 0 Å². The number of carbonyl (C=O) groups excluding carboxylic acids is 2. The molecule has 1 heterocycles. The molecule has 0 amide bonds. The van der Waals surface area contributed by atoms with Gasteiger partial charge < -0.3 is 9.47 Å². The molecule has 1 aliphatic heterocycles. The normalized spacial score (nSPS) is 20.1. The van der Waals surface area contributed by atoms with E-state index in [0.717, 1.165) is 63.9 Å². The Bertz CT molecular complexity index is 848. The van der Waals surface area contributed by atoms with Crippen LogP contribution in [0.5, 0.6) is 5.75 Å². The molecule has 0 unspecified atom stereocenters. The van der Waals surface area contributed by atoms with Crippen molar-refractivity contribution in [1.29, 1.82) is 0 Å². The van der Waals surface area contributed by atoms with Gasteiger partial charge in [0.2, 0.25) is 0 Å². The summed E-state index contributed by atoms with van der Waals surface area (Å²) in [5.41, 5.74) is 2.25. The van der Waals surface area contributed by atoms with Crippen LogP contribution in [0.25, 0.3) is 0 Å². The van der Waals surface area contributed by atoms with Crippen LogP contribution in [0.1, 0.15) is 63.4 Å². The Labute approximate surface area is 181 Å². The molecule has 3 aliphatic rings. The molecule has 0 N–H and O–H groups in total. The summed E-state index contributed by atoms with van der Waals surface area (Å²) in [4.78, 5) is 25.7. The largest absolute Gasteiger partial charge is 0.491 e. The Morgan fingerprint density at radius 3 is 2.00 bits per heavy atom. The van der Waals surface area contributed by atoms with Crippen molar-refractivity contribution in [2.24, 2.45) is 0 Å². The van der Waals surface area contributed by atoms with Gasteiger partial charge in [0.15, 0.2) is 11.6 Å². The zero-order valence-corrected chi connectivity index (χ0v) is 18.9. The van der Waals surface area contributed by atoms with Crippen molar-refractivity contribution in [3.8, 4) is 5.75 Å². The molecule has 4 rings (SSSR count). The third-order valence-electron chi connectivity index (χ3n) is 5.45. The van der Waals surface area contributed by atoms with Gasteiger partial charge in [0, 0.05) is 42.7 Å². The van der Waals surface area contributed by atoms with Crippen LogP contribution in [0.4, 0.5) is 0 Å². The minimum Gasteiger partial charge on any atom is -0.491 e. The van der Waals surface area contributed by atoms with Gasteiger partial charge in [-0.3, -0.25) is 9.59 Å². The molecule has 0 atom stereocenters. The van der Waals surface area contributed by atoms with E-state index < -0.39 is 0 Å². The van der Waals surface area contributed by atoms with Crippen LogP contribution in [0.15, 0.2) is 43.7 Å². The molecule has 0 saturated heterocycles. The highest BCUT2D eigenvalue weighted by Crippen LogP contribution is 2.49. The number of halogens is 2. The number of hydrogen-bond acceptors (Lipinski definition) is 4. The van der Waals surface area contributed by atoms with E-state index in [1.807, 2.05) is 12.1 Å². The summed E-state index contributed by atoms with van der Waals surface area (Å²) in [7, 11) is 0. The number of rotatable bonds is 4. The Morgan fingerprint density at radius 2 is 1.50 bits per heavy atom. The molecular weight excluding hydrogens is 488 g/mol. The van der Waals surface area contributed by atoms with Crippen molar-refractivity contribution in [2.75, 3.05) is 6.61 Å². The van der Waals surface area contributed by atoms with Gasteiger partial charge in [-0.1, -0.05) is 6.92 Å². The molecule has 148 valence electrons. The van der Waals surface area contributed by atoms with Crippen LogP contribution in [0.3, 0.4) is 0 Å². The number of hydrogen-bond donors (Lipinski definition) is 0. The van der Waals surface area contributed by atoms with Crippen molar-refractivity contribution < 1.29 is 19.1 Å². The van der Waals surface area contributed by atoms with Crippen molar-refractivity contribution in [2.45, 2.75) is 57.8 Å². The van der Waals surface area contributed by atoms with Crippen LogP contribution < -0.4 is 4.74 Å². The zero-order valence-electron chi connectivity index (χ0n) is 15.8. The summed E-state index contributed by atoms with van der Waals surface area (Å²) in [6.45, 7) is 2.68. The second kappa shape index (κ2) is 8.15. The highest BCUT2D eigenvalue weighted by atomic mass is 79.9. The number of carbonyl (C=O) groups is 2. The molecule has 0 aromatic heterocycles. The van der Waals surface area contributed by atoms with E-state index in [1.165, 1.54) is 0 Å². The standard InChI is InChI=1S/C22H22Br2O4/c1-2-9-27-22-13(23)10-12(11-14(22)24)19-20-15(25)5-3-7-17(20)28-18-8-4-6-16(26)21(18)19/h10-11,19H,2-9H2,1H3. The minimum atomic E-state index is -0.354. The predicted molar refractivity (Wildman–Crippen MR) is 113 cm³/mol. The Morgan fingerprint density at radius 1 is 0.964 bits per heavy atom. The zero-order chi connectivity index (χ0) is 19.8. The lowest BCUT2D eigenvalue weighted by Gasteiger charge is -2.36. The maximum atomic E-state index is 12.9. The van der Waals surface area contributed by atoms with Crippen molar-refractivity contribution in [3.63, 3.8) is 0 Å². The molecule has 28 heavy (non-hydrogen) atoms. The lowest BCUT2D eigenvalue weighted by atomic mass is 9.73. The third kappa shape index (κ3) is 3.50. The molecule has 1 aromatic carbocycles. The van der Waals surface area contributed by atoms with E-state index in [-0.39, 0.29) is 17.5 Å². The predicted octanol–water partition coefficient (Wildman–Crippen LogP) is 6.13.